The molecule has 11 heteroatoms. The fourth-order valence-electron chi connectivity index (χ4n) is 5.40. The third kappa shape index (κ3) is 6.84. The molecule has 2 aromatic rings. The van der Waals surface area contributed by atoms with Crippen LogP contribution >= 0.6 is 22.9 Å². The number of nitrogens with one attached hydrogen (secondary N) is 1. The van der Waals surface area contributed by atoms with Crippen LogP contribution in [0.5, 0.6) is 0 Å². The number of likely N-dealkylation sites (tertiary alicyclic amines) is 2. The third-order valence-electron chi connectivity index (χ3n) is 7.12. The number of rotatable bonds is 11. The summed E-state index contributed by atoms with van der Waals surface area (Å²) in [5.74, 6) is -0.379. The molecule has 0 aliphatic carbocycles. The Morgan fingerprint density at radius 2 is 1.86 bits per heavy atom. The van der Waals surface area contributed by atoms with E-state index in [0.29, 0.717) is 31.0 Å². The average Bonchev–Trinajstić information content (AvgIpc) is 3.49. The Hall–Kier alpha value is -1.72. The molecule has 0 radical (unpaired) electrons. The van der Waals surface area contributed by atoms with E-state index in [1.54, 1.807) is 24.3 Å². The fourth-order valence-corrected chi connectivity index (χ4v) is 8.31. The van der Waals surface area contributed by atoms with Crippen LogP contribution in [0.4, 0.5) is 0 Å². The molecule has 37 heavy (non-hydrogen) atoms. The largest absolute Gasteiger partial charge is 0.337 e. The molecule has 3 heterocycles. The Labute approximate surface area is 229 Å². The quantitative estimate of drug-likeness (QED) is 0.443. The van der Waals surface area contributed by atoms with Crippen molar-refractivity contribution in [3.05, 3.63) is 29.3 Å². The molecule has 8 nitrogen and oxygen atoms in total. The zero-order valence-corrected chi connectivity index (χ0v) is 24.0. The van der Waals surface area contributed by atoms with Gasteiger partial charge in [0.2, 0.25) is 11.8 Å². The van der Waals surface area contributed by atoms with E-state index in [1.807, 2.05) is 4.90 Å². The first-order chi connectivity index (χ1) is 17.7. The molecule has 2 aliphatic heterocycles. The number of piperidine rings is 1. The predicted molar refractivity (Wildman–Crippen MR) is 149 cm³/mol. The number of nitrogens with zero attached hydrogens (tertiary/aromatic N) is 3. The zero-order valence-electron chi connectivity index (χ0n) is 21.6. The lowest BCUT2D eigenvalue weighted by molar-refractivity contribution is -0.143. The molecule has 2 aliphatic rings. The highest BCUT2D eigenvalue weighted by Crippen LogP contribution is 2.31. The third-order valence-corrected chi connectivity index (χ3v) is 10.4. The summed E-state index contributed by atoms with van der Waals surface area (Å²) < 4.78 is 29.7. The van der Waals surface area contributed by atoms with Gasteiger partial charge in [-0.25, -0.2) is 8.42 Å². The summed E-state index contributed by atoms with van der Waals surface area (Å²) >= 11 is 7.16. The summed E-state index contributed by atoms with van der Waals surface area (Å²) in [5, 5.41) is 1.33. The number of benzene rings is 1. The Morgan fingerprint density at radius 1 is 1.14 bits per heavy atom. The summed E-state index contributed by atoms with van der Waals surface area (Å²) in [7, 11) is -3.89. The number of hydrogen-bond donors (Lipinski definition) is 1. The molecule has 0 saturated carbocycles. The highest BCUT2D eigenvalue weighted by Gasteiger charge is 2.36. The van der Waals surface area contributed by atoms with Crippen molar-refractivity contribution in [3.63, 3.8) is 0 Å². The minimum Gasteiger partial charge on any atom is -0.337 e. The highest BCUT2D eigenvalue weighted by atomic mass is 35.5. The van der Waals surface area contributed by atoms with Crippen molar-refractivity contribution < 1.29 is 18.0 Å². The number of amides is 2. The number of thiophene rings is 1. The molecular weight excluding hydrogens is 532 g/mol. The van der Waals surface area contributed by atoms with Crippen LogP contribution in [0, 0.1) is 0 Å². The molecule has 0 bridgehead atoms. The van der Waals surface area contributed by atoms with E-state index in [4.69, 9.17) is 11.6 Å². The molecule has 2 unspecified atom stereocenters. The van der Waals surface area contributed by atoms with E-state index in [-0.39, 0.29) is 28.6 Å². The summed E-state index contributed by atoms with van der Waals surface area (Å²) in [5.41, 5.74) is 0. The standard InChI is InChI=1S/C26H37ClN4O4S2/c1-3-11-29(12-4-2)17-21-7-5-14-31(21)24(32)18-30-13-6-8-22(26(30)33)28-37(34,35)25-15-19-9-10-20(27)16-23(19)36-25/h9-10,15-16,21-22,28H,3-8,11-14,17-18H2,1-2H3. The topological polar surface area (TPSA) is 90.0 Å². The maximum Gasteiger partial charge on any atom is 0.250 e. The van der Waals surface area contributed by atoms with Gasteiger partial charge in [0.15, 0.2) is 0 Å². The number of sulfonamides is 1. The van der Waals surface area contributed by atoms with Gasteiger partial charge >= 0.3 is 0 Å². The Kier molecular flexibility index (Phi) is 9.50. The van der Waals surface area contributed by atoms with Crippen molar-refractivity contribution in [1.29, 1.82) is 0 Å². The van der Waals surface area contributed by atoms with Crippen LogP contribution in [-0.4, -0.2) is 86.3 Å². The fraction of sp³-hybridized carbons (Fsp3) is 0.615. The van der Waals surface area contributed by atoms with Crippen molar-refractivity contribution in [2.24, 2.45) is 0 Å². The van der Waals surface area contributed by atoms with Crippen molar-refractivity contribution in [3.8, 4) is 0 Å². The van der Waals surface area contributed by atoms with Crippen LogP contribution in [0.1, 0.15) is 52.4 Å². The first-order valence-electron chi connectivity index (χ1n) is 13.2. The zero-order chi connectivity index (χ0) is 26.6. The molecule has 1 N–H and O–H groups in total. The lowest BCUT2D eigenvalue weighted by Gasteiger charge is -2.35. The maximum atomic E-state index is 13.3. The van der Waals surface area contributed by atoms with E-state index in [1.165, 1.54) is 4.90 Å². The van der Waals surface area contributed by atoms with Crippen LogP contribution in [0.15, 0.2) is 28.5 Å². The summed E-state index contributed by atoms with van der Waals surface area (Å²) in [4.78, 5) is 32.4. The van der Waals surface area contributed by atoms with E-state index < -0.39 is 16.1 Å². The van der Waals surface area contributed by atoms with Gasteiger partial charge in [-0.2, -0.15) is 4.72 Å². The first kappa shape index (κ1) is 28.3. The van der Waals surface area contributed by atoms with Gasteiger partial charge in [0.1, 0.15) is 10.3 Å². The van der Waals surface area contributed by atoms with E-state index in [2.05, 4.69) is 23.5 Å². The molecule has 4 rings (SSSR count). The molecule has 2 atom stereocenters. The number of halogens is 1. The first-order valence-corrected chi connectivity index (χ1v) is 15.9. The molecule has 2 saturated heterocycles. The van der Waals surface area contributed by atoms with Crippen molar-refractivity contribution in [1.82, 2.24) is 19.4 Å². The normalized spacial score (nSPS) is 20.9. The van der Waals surface area contributed by atoms with Gasteiger partial charge in [0.25, 0.3) is 10.0 Å². The minimum atomic E-state index is -3.89. The minimum absolute atomic E-state index is 0.00347. The van der Waals surface area contributed by atoms with Gasteiger partial charge in [0, 0.05) is 35.4 Å². The summed E-state index contributed by atoms with van der Waals surface area (Å²) in [6.07, 6.45) is 5.16. The van der Waals surface area contributed by atoms with E-state index in [9.17, 15) is 18.0 Å². The molecule has 204 valence electrons. The summed E-state index contributed by atoms with van der Waals surface area (Å²) in [6, 6.07) is 6.12. The number of hydrogen-bond acceptors (Lipinski definition) is 6. The van der Waals surface area contributed by atoms with Crippen molar-refractivity contribution in [2.45, 2.75) is 68.7 Å². The monoisotopic (exact) mass is 568 g/mol. The number of fused-ring (bicyclic) bond motifs is 1. The van der Waals surface area contributed by atoms with Crippen LogP contribution in [0.2, 0.25) is 5.02 Å². The second-order valence-electron chi connectivity index (χ2n) is 10.0. The molecular formula is C26H37ClN4O4S2. The summed E-state index contributed by atoms with van der Waals surface area (Å²) in [6.45, 7) is 8.41. The van der Waals surface area contributed by atoms with Crippen LogP contribution < -0.4 is 4.72 Å². The van der Waals surface area contributed by atoms with Crippen LogP contribution in [0.3, 0.4) is 0 Å². The van der Waals surface area contributed by atoms with Crippen LogP contribution in [0.25, 0.3) is 10.1 Å². The smallest absolute Gasteiger partial charge is 0.250 e. The van der Waals surface area contributed by atoms with Crippen LogP contribution in [-0.2, 0) is 19.6 Å². The molecule has 2 amide bonds. The molecule has 0 spiro atoms. The molecule has 1 aromatic heterocycles. The Bertz CT molecular complexity index is 1210. The Balaban J connectivity index is 1.39. The van der Waals surface area contributed by atoms with Gasteiger partial charge in [0.05, 0.1) is 6.54 Å². The van der Waals surface area contributed by atoms with Gasteiger partial charge in [-0.1, -0.05) is 31.5 Å². The predicted octanol–water partition coefficient (Wildman–Crippen LogP) is 3.94. The lowest BCUT2D eigenvalue weighted by Crippen LogP contribution is -2.55. The van der Waals surface area contributed by atoms with Gasteiger partial charge in [-0.05, 0) is 75.2 Å². The average molecular weight is 569 g/mol. The second-order valence-corrected chi connectivity index (χ2v) is 13.5. The maximum absolute atomic E-state index is 13.3. The number of carbonyl (C=O) groups is 2. The second kappa shape index (κ2) is 12.4. The van der Waals surface area contributed by atoms with Gasteiger partial charge in [-0.15, -0.1) is 11.3 Å². The van der Waals surface area contributed by atoms with Gasteiger partial charge < -0.3 is 14.7 Å². The molecule has 1 aromatic carbocycles. The molecule has 2 fully saturated rings. The number of carbonyl (C=O) groups excluding carboxylic acids is 2. The van der Waals surface area contributed by atoms with Crippen molar-refractivity contribution in [2.75, 3.05) is 39.3 Å². The SMILES string of the molecule is CCCN(CCC)CC1CCCN1C(=O)CN1CCCC(NS(=O)(=O)c2cc3ccc(Cl)cc3s2)C1=O. The van der Waals surface area contributed by atoms with E-state index >= 15 is 0 Å². The van der Waals surface area contributed by atoms with E-state index in [0.717, 1.165) is 66.7 Å². The highest BCUT2D eigenvalue weighted by molar-refractivity contribution is 7.91. The Morgan fingerprint density at radius 3 is 2.59 bits per heavy atom. The van der Waals surface area contributed by atoms with Gasteiger partial charge in [-0.3, -0.25) is 9.59 Å². The lowest BCUT2D eigenvalue weighted by atomic mass is 10.1. The van der Waals surface area contributed by atoms with Crippen molar-refractivity contribution >= 4 is 54.9 Å².